The van der Waals surface area contributed by atoms with Crippen LogP contribution >= 0.6 is 0 Å². The summed E-state index contributed by atoms with van der Waals surface area (Å²) in [6.07, 6.45) is 2.61. The highest BCUT2D eigenvalue weighted by molar-refractivity contribution is 5.45. The van der Waals surface area contributed by atoms with Gasteiger partial charge in [-0.05, 0) is 26.2 Å². The number of hydrogen-bond acceptors (Lipinski definition) is 4. The van der Waals surface area contributed by atoms with Crippen molar-refractivity contribution < 1.29 is 9.84 Å². The predicted molar refractivity (Wildman–Crippen MR) is 77.3 cm³/mol. The van der Waals surface area contributed by atoms with E-state index >= 15 is 0 Å². The second-order valence-corrected chi connectivity index (χ2v) is 5.61. The number of nitrogens with zero attached hydrogens (tertiary/aromatic N) is 2. The molecular formula is C14H27N3O2. The van der Waals surface area contributed by atoms with Crippen molar-refractivity contribution in [3.63, 3.8) is 0 Å². The molecule has 1 rings (SSSR count). The Bertz CT molecular complexity index is 377. The van der Waals surface area contributed by atoms with E-state index < -0.39 is 6.10 Å². The Balaban J connectivity index is 2.24. The minimum Gasteiger partial charge on any atom is -0.389 e. The quantitative estimate of drug-likeness (QED) is 0.757. The molecule has 2 atom stereocenters. The summed E-state index contributed by atoms with van der Waals surface area (Å²) in [5.41, 5.74) is 1.89. The number of aliphatic hydroxyl groups is 1. The van der Waals surface area contributed by atoms with Gasteiger partial charge in [0.25, 0.3) is 0 Å². The van der Waals surface area contributed by atoms with Crippen LogP contribution in [0.4, 0.5) is 5.69 Å². The van der Waals surface area contributed by atoms with Crippen LogP contribution in [0.2, 0.25) is 0 Å². The number of rotatable bonds is 8. The lowest BCUT2D eigenvalue weighted by Gasteiger charge is -2.18. The van der Waals surface area contributed by atoms with Crippen LogP contribution in [0.25, 0.3) is 0 Å². The molecule has 5 nitrogen and oxygen atoms in total. The van der Waals surface area contributed by atoms with Gasteiger partial charge in [-0.25, -0.2) is 0 Å². The maximum Gasteiger partial charge on any atom is 0.0945 e. The van der Waals surface area contributed by atoms with Crippen molar-refractivity contribution in [3.8, 4) is 0 Å². The summed E-state index contributed by atoms with van der Waals surface area (Å²) in [6, 6.07) is 0. The third-order valence-corrected chi connectivity index (χ3v) is 2.92. The Morgan fingerprint density at radius 2 is 2.11 bits per heavy atom. The average Bonchev–Trinajstić information content (AvgIpc) is 2.61. The first kappa shape index (κ1) is 16.0. The van der Waals surface area contributed by atoms with Crippen LogP contribution in [0.3, 0.4) is 0 Å². The first-order valence-corrected chi connectivity index (χ1v) is 6.92. The number of aryl methyl sites for hydroxylation is 2. The molecule has 2 N–H and O–H groups in total. The molecule has 0 bridgehead atoms. The van der Waals surface area contributed by atoms with Crippen LogP contribution in [0.15, 0.2) is 6.20 Å². The highest BCUT2D eigenvalue weighted by Gasteiger charge is 2.10. The lowest BCUT2D eigenvalue weighted by atomic mass is 10.1. The molecule has 0 fully saturated rings. The van der Waals surface area contributed by atoms with E-state index in [1.54, 1.807) is 4.68 Å². The van der Waals surface area contributed by atoms with Gasteiger partial charge >= 0.3 is 0 Å². The standard InChI is InChI=1S/C14H27N3O2/c1-10(2)6-11(3)19-9-13(18)7-15-14-8-17(5)16-12(14)4/h8,10-11,13,15,18H,6-7,9H2,1-5H3. The molecule has 1 aromatic heterocycles. The lowest BCUT2D eigenvalue weighted by Crippen LogP contribution is -2.27. The van der Waals surface area contributed by atoms with Crippen molar-refractivity contribution in [2.75, 3.05) is 18.5 Å². The zero-order valence-electron chi connectivity index (χ0n) is 12.7. The van der Waals surface area contributed by atoms with Gasteiger partial charge in [0.15, 0.2) is 0 Å². The zero-order chi connectivity index (χ0) is 14.4. The zero-order valence-corrected chi connectivity index (χ0v) is 12.7. The van der Waals surface area contributed by atoms with E-state index in [-0.39, 0.29) is 6.10 Å². The fourth-order valence-electron chi connectivity index (χ4n) is 2.07. The molecule has 0 saturated carbocycles. The molecule has 0 aliphatic carbocycles. The van der Waals surface area contributed by atoms with Gasteiger partial charge in [0.1, 0.15) is 0 Å². The highest BCUT2D eigenvalue weighted by atomic mass is 16.5. The van der Waals surface area contributed by atoms with Gasteiger partial charge in [0.2, 0.25) is 0 Å². The van der Waals surface area contributed by atoms with E-state index in [4.69, 9.17) is 4.74 Å². The normalized spacial score (nSPS) is 14.7. The topological polar surface area (TPSA) is 59.3 Å². The Hall–Kier alpha value is -1.07. The monoisotopic (exact) mass is 269 g/mol. The first-order valence-electron chi connectivity index (χ1n) is 6.92. The summed E-state index contributed by atoms with van der Waals surface area (Å²) in [6.45, 7) is 9.16. The molecule has 2 unspecified atom stereocenters. The molecule has 110 valence electrons. The van der Waals surface area contributed by atoms with Crippen molar-refractivity contribution in [2.24, 2.45) is 13.0 Å². The van der Waals surface area contributed by atoms with Gasteiger partial charge in [-0.2, -0.15) is 5.10 Å². The van der Waals surface area contributed by atoms with Crippen molar-refractivity contribution >= 4 is 5.69 Å². The Morgan fingerprint density at radius 1 is 1.42 bits per heavy atom. The molecule has 0 spiro atoms. The summed E-state index contributed by atoms with van der Waals surface area (Å²) in [5, 5.41) is 17.3. The maximum atomic E-state index is 9.88. The van der Waals surface area contributed by atoms with Crippen LogP contribution in [-0.2, 0) is 11.8 Å². The van der Waals surface area contributed by atoms with Crippen LogP contribution in [0, 0.1) is 12.8 Å². The minimum absolute atomic E-state index is 0.190. The number of hydrogen-bond donors (Lipinski definition) is 2. The van der Waals surface area contributed by atoms with Gasteiger partial charge in [-0.1, -0.05) is 13.8 Å². The number of nitrogens with one attached hydrogen (secondary N) is 1. The van der Waals surface area contributed by atoms with Crippen LogP contribution in [0.1, 0.15) is 32.9 Å². The third-order valence-electron chi connectivity index (χ3n) is 2.92. The molecule has 0 aromatic carbocycles. The van der Waals surface area contributed by atoms with Crippen LogP contribution in [0.5, 0.6) is 0 Å². The minimum atomic E-state index is -0.505. The smallest absolute Gasteiger partial charge is 0.0945 e. The SMILES string of the molecule is Cc1nn(C)cc1NCC(O)COC(C)CC(C)C. The molecule has 0 amide bonds. The Labute approximate surface area is 116 Å². The van der Waals surface area contributed by atoms with E-state index in [1.807, 2.05) is 27.1 Å². The number of ether oxygens (including phenoxy) is 1. The molecule has 1 heterocycles. The lowest BCUT2D eigenvalue weighted by molar-refractivity contribution is -0.00444. The second kappa shape index (κ2) is 7.50. The van der Waals surface area contributed by atoms with Crippen molar-refractivity contribution in [1.82, 2.24) is 9.78 Å². The van der Waals surface area contributed by atoms with Gasteiger partial charge in [-0.3, -0.25) is 4.68 Å². The molecule has 0 saturated heterocycles. The highest BCUT2D eigenvalue weighted by Crippen LogP contribution is 2.11. The third kappa shape index (κ3) is 6.07. The molecule has 19 heavy (non-hydrogen) atoms. The number of aromatic nitrogens is 2. The van der Waals surface area contributed by atoms with E-state index in [9.17, 15) is 5.11 Å². The molecule has 1 aromatic rings. The van der Waals surface area contributed by atoms with E-state index in [1.165, 1.54) is 0 Å². The summed E-state index contributed by atoms with van der Waals surface area (Å²) in [4.78, 5) is 0. The molecule has 0 aliphatic rings. The van der Waals surface area contributed by atoms with Crippen molar-refractivity contribution in [1.29, 1.82) is 0 Å². The number of aliphatic hydroxyl groups excluding tert-OH is 1. The fraction of sp³-hybridized carbons (Fsp3) is 0.786. The van der Waals surface area contributed by atoms with Crippen molar-refractivity contribution in [2.45, 2.75) is 46.3 Å². The van der Waals surface area contributed by atoms with E-state index in [0.29, 0.717) is 19.1 Å². The summed E-state index contributed by atoms with van der Waals surface area (Å²) < 4.78 is 7.38. The first-order chi connectivity index (χ1) is 8.88. The molecular weight excluding hydrogens is 242 g/mol. The largest absolute Gasteiger partial charge is 0.389 e. The molecule has 5 heteroatoms. The average molecular weight is 269 g/mol. The Kier molecular flexibility index (Phi) is 6.31. The maximum absolute atomic E-state index is 9.88. The predicted octanol–water partition coefficient (Wildman–Crippen LogP) is 1.95. The second-order valence-electron chi connectivity index (χ2n) is 5.61. The molecule has 0 radical (unpaired) electrons. The molecule has 0 aliphatic heterocycles. The van der Waals surface area contributed by atoms with Gasteiger partial charge < -0.3 is 15.2 Å². The summed E-state index contributed by atoms with van der Waals surface area (Å²) in [5.74, 6) is 0.614. The number of anilines is 1. The summed E-state index contributed by atoms with van der Waals surface area (Å²) >= 11 is 0. The van der Waals surface area contributed by atoms with Gasteiger partial charge in [0, 0.05) is 19.8 Å². The fourth-order valence-corrected chi connectivity index (χ4v) is 2.07. The van der Waals surface area contributed by atoms with Crippen LogP contribution in [-0.4, -0.2) is 40.2 Å². The van der Waals surface area contributed by atoms with Crippen molar-refractivity contribution in [3.05, 3.63) is 11.9 Å². The van der Waals surface area contributed by atoms with E-state index in [2.05, 4.69) is 24.3 Å². The van der Waals surface area contributed by atoms with E-state index in [0.717, 1.165) is 17.8 Å². The summed E-state index contributed by atoms with van der Waals surface area (Å²) in [7, 11) is 1.88. The Morgan fingerprint density at radius 3 is 2.63 bits per heavy atom. The van der Waals surface area contributed by atoms with Crippen LogP contribution < -0.4 is 5.32 Å². The van der Waals surface area contributed by atoms with Gasteiger partial charge in [0.05, 0.1) is 30.2 Å². The van der Waals surface area contributed by atoms with Gasteiger partial charge in [-0.15, -0.1) is 0 Å².